The SMILES string of the molecule is CC(C)OCCC1(C#N)CC1. The number of ether oxygens (including phenoxy) is 1. The van der Waals surface area contributed by atoms with Gasteiger partial charge < -0.3 is 4.74 Å². The summed E-state index contributed by atoms with van der Waals surface area (Å²) < 4.78 is 5.37. The first-order valence-corrected chi connectivity index (χ1v) is 4.21. The van der Waals surface area contributed by atoms with Crippen molar-refractivity contribution < 1.29 is 4.74 Å². The first kappa shape index (κ1) is 8.55. The molecular weight excluding hydrogens is 138 g/mol. The second-order valence-electron chi connectivity index (χ2n) is 3.56. The number of nitrogens with zero attached hydrogens (tertiary/aromatic N) is 1. The molecule has 0 amide bonds. The van der Waals surface area contributed by atoms with E-state index in [1.165, 1.54) is 0 Å². The van der Waals surface area contributed by atoms with Crippen molar-refractivity contribution in [3.63, 3.8) is 0 Å². The van der Waals surface area contributed by atoms with Gasteiger partial charge in [0, 0.05) is 6.61 Å². The van der Waals surface area contributed by atoms with Gasteiger partial charge in [-0.2, -0.15) is 5.26 Å². The maximum Gasteiger partial charge on any atom is 0.0690 e. The van der Waals surface area contributed by atoms with Gasteiger partial charge in [0.1, 0.15) is 0 Å². The average Bonchev–Trinajstić information content (AvgIpc) is 2.69. The molecule has 2 nitrogen and oxygen atoms in total. The van der Waals surface area contributed by atoms with Crippen molar-refractivity contribution in [3.8, 4) is 6.07 Å². The minimum atomic E-state index is 0.00882. The van der Waals surface area contributed by atoms with Crippen LogP contribution in [-0.4, -0.2) is 12.7 Å². The summed E-state index contributed by atoms with van der Waals surface area (Å²) in [5, 5.41) is 8.72. The molecule has 1 rings (SSSR count). The van der Waals surface area contributed by atoms with E-state index < -0.39 is 0 Å². The van der Waals surface area contributed by atoms with Crippen LogP contribution in [0.1, 0.15) is 33.1 Å². The Kier molecular flexibility index (Phi) is 2.51. The highest BCUT2D eigenvalue weighted by Crippen LogP contribution is 2.47. The van der Waals surface area contributed by atoms with Gasteiger partial charge in [-0.3, -0.25) is 0 Å². The fourth-order valence-corrected chi connectivity index (χ4v) is 1.06. The van der Waals surface area contributed by atoms with Gasteiger partial charge in [0.05, 0.1) is 17.6 Å². The monoisotopic (exact) mass is 153 g/mol. The molecule has 0 heterocycles. The standard InChI is InChI=1S/C9H15NO/c1-8(2)11-6-5-9(7-10)3-4-9/h8H,3-6H2,1-2H3. The summed E-state index contributed by atoms with van der Waals surface area (Å²) in [6.45, 7) is 4.78. The normalized spacial score (nSPS) is 19.8. The van der Waals surface area contributed by atoms with E-state index in [-0.39, 0.29) is 5.41 Å². The molecule has 0 atom stereocenters. The molecule has 0 aromatic heterocycles. The van der Waals surface area contributed by atoms with Gasteiger partial charge in [-0.15, -0.1) is 0 Å². The first-order valence-electron chi connectivity index (χ1n) is 4.21. The second kappa shape index (κ2) is 3.23. The Bertz CT molecular complexity index is 165. The Hall–Kier alpha value is -0.550. The summed E-state index contributed by atoms with van der Waals surface area (Å²) in [7, 11) is 0. The maximum absolute atomic E-state index is 8.72. The van der Waals surface area contributed by atoms with E-state index >= 15 is 0 Å². The molecule has 0 aliphatic heterocycles. The molecule has 0 saturated heterocycles. The van der Waals surface area contributed by atoms with Crippen LogP contribution in [0.5, 0.6) is 0 Å². The van der Waals surface area contributed by atoms with Crippen molar-refractivity contribution in [3.05, 3.63) is 0 Å². The minimum absolute atomic E-state index is 0.00882. The van der Waals surface area contributed by atoms with Crippen LogP contribution in [0.4, 0.5) is 0 Å². The molecule has 62 valence electrons. The van der Waals surface area contributed by atoms with Gasteiger partial charge in [0.15, 0.2) is 0 Å². The zero-order chi connectivity index (χ0) is 8.32. The van der Waals surface area contributed by atoms with Crippen LogP contribution in [0.15, 0.2) is 0 Å². The van der Waals surface area contributed by atoms with Gasteiger partial charge in [-0.05, 0) is 33.1 Å². The van der Waals surface area contributed by atoms with Crippen LogP contribution in [-0.2, 0) is 4.74 Å². The lowest BCUT2D eigenvalue weighted by Gasteiger charge is -2.08. The van der Waals surface area contributed by atoms with Crippen molar-refractivity contribution in [2.75, 3.05) is 6.61 Å². The number of rotatable bonds is 4. The summed E-state index contributed by atoms with van der Waals surface area (Å²) in [4.78, 5) is 0. The Morgan fingerprint density at radius 2 is 2.18 bits per heavy atom. The molecule has 0 unspecified atom stereocenters. The maximum atomic E-state index is 8.72. The van der Waals surface area contributed by atoms with Crippen LogP contribution >= 0.6 is 0 Å². The fraction of sp³-hybridized carbons (Fsp3) is 0.889. The lowest BCUT2D eigenvalue weighted by Crippen LogP contribution is -2.08. The third-order valence-electron chi connectivity index (χ3n) is 2.12. The molecule has 1 aliphatic carbocycles. The molecule has 11 heavy (non-hydrogen) atoms. The van der Waals surface area contributed by atoms with Crippen molar-refractivity contribution in [1.82, 2.24) is 0 Å². The molecule has 0 aromatic carbocycles. The van der Waals surface area contributed by atoms with Gasteiger partial charge in [0.2, 0.25) is 0 Å². The summed E-state index contributed by atoms with van der Waals surface area (Å²) in [5.74, 6) is 0. The number of nitriles is 1. The quantitative estimate of drug-likeness (QED) is 0.619. The Labute approximate surface area is 68.2 Å². The van der Waals surface area contributed by atoms with Gasteiger partial charge in [-0.1, -0.05) is 0 Å². The van der Waals surface area contributed by atoms with Gasteiger partial charge in [0.25, 0.3) is 0 Å². The Morgan fingerprint density at radius 3 is 2.55 bits per heavy atom. The highest BCUT2D eigenvalue weighted by atomic mass is 16.5. The molecule has 0 spiro atoms. The van der Waals surface area contributed by atoms with E-state index in [0.29, 0.717) is 6.10 Å². The molecule has 1 fully saturated rings. The van der Waals surface area contributed by atoms with Crippen LogP contribution in [0.25, 0.3) is 0 Å². The molecule has 0 N–H and O–H groups in total. The largest absolute Gasteiger partial charge is 0.379 e. The molecule has 2 heteroatoms. The van der Waals surface area contributed by atoms with Crippen molar-refractivity contribution in [2.45, 2.75) is 39.2 Å². The minimum Gasteiger partial charge on any atom is -0.379 e. The second-order valence-corrected chi connectivity index (χ2v) is 3.56. The Balaban J connectivity index is 2.09. The van der Waals surface area contributed by atoms with Crippen molar-refractivity contribution in [2.24, 2.45) is 5.41 Å². The predicted molar refractivity (Wildman–Crippen MR) is 43.0 cm³/mol. The zero-order valence-corrected chi connectivity index (χ0v) is 7.26. The summed E-state index contributed by atoms with van der Waals surface area (Å²) in [5.41, 5.74) is 0.00882. The predicted octanol–water partition coefficient (Wildman–Crippen LogP) is 2.11. The van der Waals surface area contributed by atoms with E-state index in [2.05, 4.69) is 6.07 Å². The van der Waals surface area contributed by atoms with Crippen LogP contribution < -0.4 is 0 Å². The van der Waals surface area contributed by atoms with E-state index in [4.69, 9.17) is 10.00 Å². The zero-order valence-electron chi connectivity index (χ0n) is 7.26. The molecule has 1 aliphatic rings. The summed E-state index contributed by atoms with van der Waals surface area (Å²) in [6, 6.07) is 2.35. The summed E-state index contributed by atoms with van der Waals surface area (Å²) >= 11 is 0. The van der Waals surface area contributed by atoms with Gasteiger partial charge >= 0.3 is 0 Å². The fourth-order valence-electron chi connectivity index (χ4n) is 1.06. The highest BCUT2D eigenvalue weighted by Gasteiger charge is 2.42. The Morgan fingerprint density at radius 1 is 1.55 bits per heavy atom. The highest BCUT2D eigenvalue weighted by molar-refractivity contribution is 5.09. The molecular formula is C9H15NO. The topological polar surface area (TPSA) is 33.0 Å². The average molecular weight is 153 g/mol. The lowest BCUT2D eigenvalue weighted by molar-refractivity contribution is 0.0703. The van der Waals surface area contributed by atoms with E-state index in [9.17, 15) is 0 Å². The van der Waals surface area contributed by atoms with E-state index in [1.807, 2.05) is 13.8 Å². The van der Waals surface area contributed by atoms with E-state index in [1.54, 1.807) is 0 Å². The third-order valence-corrected chi connectivity index (χ3v) is 2.12. The molecule has 0 bridgehead atoms. The van der Waals surface area contributed by atoms with Crippen LogP contribution in [0.3, 0.4) is 0 Å². The van der Waals surface area contributed by atoms with Crippen molar-refractivity contribution in [1.29, 1.82) is 5.26 Å². The van der Waals surface area contributed by atoms with Gasteiger partial charge in [-0.25, -0.2) is 0 Å². The number of hydrogen-bond donors (Lipinski definition) is 0. The summed E-state index contributed by atoms with van der Waals surface area (Å²) in [6.07, 6.45) is 3.36. The molecule has 1 saturated carbocycles. The smallest absolute Gasteiger partial charge is 0.0690 e. The molecule has 0 radical (unpaired) electrons. The van der Waals surface area contributed by atoms with Crippen LogP contribution in [0, 0.1) is 16.7 Å². The number of hydrogen-bond acceptors (Lipinski definition) is 2. The first-order chi connectivity index (χ1) is 5.18. The lowest BCUT2D eigenvalue weighted by atomic mass is 10.1. The van der Waals surface area contributed by atoms with Crippen LogP contribution in [0.2, 0.25) is 0 Å². The van der Waals surface area contributed by atoms with E-state index in [0.717, 1.165) is 25.9 Å². The third kappa shape index (κ3) is 2.51. The molecule has 0 aromatic rings. The van der Waals surface area contributed by atoms with Crippen molar-refractivity contribution >= 4 is 0 Å².